The molecule has 0 spiro atoms. The van der Waals surface area contributed by atoms with Crippen LogP contribution in [0.4, 0.5) is 4.39 Å². The highest BCUT2D eigenvalue weighted by atomic mass is 35.5. The Morgan fingerprint density at radius 2 is 2.20 bits per heavy atom. The molecule has 0 N–H and O–H groups in total. The second-order valence-electron chi connectivity index (χ2n) is 4.50. The summed E-state index contributed by atoms with van der Waals surface area (Å²) in [7, 11) is 0. The van der Waals surface area contributed by atoms with Crippen molar-refractivity contribution in [2.24, 2.45) is 0 Å². The third-order valence-electron chi connectivity index (χ3n) is 3.14. The van der Waals surface area contributed by atoms with Crippen LogP contribution in [0.15, 0.2) is 36.1 Å². The highest BCUT2D eigenvalue weighted by molar-refractivity contribution is 7.19. The molecule has 2 aromatic heterocycles. The number of ether oxygens (including phenoxy) is 1. The first-order valence-corrected chi connectivity index (χ1v) is 7.60. The number of thiophene rings is 1. The van der Waals surface area contributed by atoms with Gasteiger partial charge in [-0.3, -0.25) is 0 Å². The molecule has 5 heteroatoms. The number of alkyl halides is 1. The molecule has 0 saturated heterocycles. The molecule has 2 heterocycles. The van der Waals surface area contributed by atoms with Gasteiger partial charge in [-0.05, 0) is 36.3 Å². The van der Waals surface area contributed by atoms with E-state index < -0.39 is 6.67 Å². The lowest BCUT2D eigenvalue weighted by molar-refractivity contribution is 0.179. The van der Waals surface area contributed by atoms with Crippen molar-refractivity contribution in [1.29, 1.82) is 0 Å². The first-order valence-electron chi connectivity index (χ1n) is 6.41. The Balaban J connectivity index is 1.85. The number of halogens is 2. The summed E-state index contributed by atoms with van der Waals surface area (Å²) in [5.74, 6) is 0.855. The Hall–Kier alpha value is -1.39. The molecule has 2 nitrogen and oxygen atoms in total. The maximum absolute atomic E-state index is 12.1. The second-order valence-corrected chi connectivity index (χ2v) is 5.92. The van der Waals surface area contributed by atoms with E-state index >= 15 is 0 Å². The van der Waals surface area contributed by atoms with Crippen molar-refractivity contribution in [2.45, 2.75) is 12.8 Å². The van der Waals surface area contributed by atoms with Gasteiger partial charge in [0.05, 0.1) is 5.76 Å². The molecule has 20 heavy (non-hydrogen) atoms. The van der Waals surface area contributed by atoms with E-state index in [2.05, 4.69) is 11.1 Å². The molecule has 104 valence electrons. The monoisotopic (exact) mass is 309 g/mol. The number of hydrogen-bond acceptors (Lipinski definition) is 3. The maximum Gasteiger partial charge on any atom is 0.130 e. The molecule has 0 fully saturated rings. The number of hydrogen-bond donors (Lipinski definition) is 0. The third kappa shape index (κ3) is 2.86. The molecule has 1 aliphatic rings. The number of fused-ring (bicyclic) bond motifs is 1. The molecule has 3 rings (SSSR count). The standard InChI is InChI=1S/C15H13ClFNOS/c16-14-6-3-11-9-13(20-15(11)18-14)10-1-4-12(5-2-10)19-8-7-17/h1,3-4,6,9H,2,5,7-8H2. The summed E-state index contributed by atoms with van der Waals surface area (Å²) >= 11 is 7.55. The SMILES string of the molecule is FCCOC1=CC=C(c2cc3ccc(Cl)nc3s2)CC1. The van der Waals surface area contributed by atoms with Crippen molar-refractivity contribution in [1.82, 2.24) is 4.98 Å². The molecule has 0 amide bonds. The van der Waals surface area contributed by atoms with Crippen LogP contribution in [0.25, 0.3) is 15.8 Å². The van der Waals surface area contributed by atoms with Crippen LogP contribution in [0.1, 0.15) is 17.7 Å². The highest BCUT2D eigenvalue weighted by Crippen LogP contribution is 2.35. The molecule has 0 atom stereocenters. The molecule has 2 aromatic rings. The Kier molecular flexibility index (Phi) is 4.03. The third-order valence-corrected chi connectivity index (χ3v) is 4.47. The van der Waals surface area contributed by atoms with E-state index in [-0.39, 0.29) is 6.61 Å². The summed E-state index contributed by atoms with van der Waals surface area (Å²) in [5.41, 5.74) is 1.26. The number of pyridine rings is 1. The zero-order valence-electron chi connectivity index (χ0n) is 10.7. The van der Waals surface area contributed by atoms with Gasteiger partial charge in [0.1, 0.15) is 23.3 Å². The van der Waals surface area contributed by atoms with Crippen LogP contribution in [-0.4, -0.2) is 18.3 Å². The largest absolute Gasteiger partial charge is 0.495 e. The van der Waals surface area contributed by atoms with Gasteiger partial charge in [-0.25, -0.2) is 9.37 Å². The van der Waals surface area contributed by atoms with E-state index in [1.807, 2.05) is 18.2 Å². The van der Waals surface area contributed by atoms with Crippen LogP contribution >= 0.6 is 22.9 Å². The fourth-order valence-electron chi connectivity index (χ4n) is 2.17. The van der Waals surface area contributed by atoms with Gasteiger partial charge in [-0.15, -0.1) is 11.3 Å². The summed E-state index contributed by atoms with van der Waals surface area (Å²) in [4.78, 5) is 6.48. The van der Waals surface area contributed by atoms with Crippen LogP contribution in [0.3, 0.4) is 0 Å². The summed E-state index contributed by atoms with van der Waals surface area (Å²) < 4.78 is 17.4. The average molecular weight is 310 g/mol. The van der Waals surface area contributed by atoms with E-state index in [1.165, 1.54) is 10.5 Å². The van der Waals surface area contributed by atoms with Crippen LogP contribution in [0, 0.1) is 0 Å². The summed E-state index contributed by atoms with van der Waals surface area (Å²) in [6, 6.07) is 5.93. The van der Waals surface area contributed by atoms with Crippen LogP contribution < -0.4 is 0 Å². The average Bonchev–Trinajstić information content (AvgIpc) is 2.88. The van der Waals surface area contributed by atoms with E-state index in [4.69, 9.17) is 16.3 Å². The quantitative estimate of drug-likeness (QED) is 0.742. The number of aromatic nitrogens is 1. The number of nitrogens with zero attached hydrogens (tertiary/aromatic N) is 1. The molecule has 0 radical (unpaired) electrons. The molecular weight excluding hydrogens is 297 g/mol. The number of rotatable bonds is 4. The van der Waals surface area contributed by atoms with Crippen molar-refractivity contribution >= 4 is 38.7 Å². The van der Waals surface area contributed by atoms with Gasteiger partial charge in [0.2, 0.25) is 0 Å². The Labute approximate surface area is 125 Å². The molecule has 1 aliphatic carbocycles. The van der Waals surface area contributed by atoms with Gasteiger partial charge in [-0.1, -0.05) is 17.7 Å². The van der Waals surface area contributed by atoms with Crippen molar-refractivity contribution in [2.75, 3.05) is 13.3 Å². The lowest BCUT2D eigenvalue weighted by Gasteiger charge is -2.14. The highest BCUT2D eigenvalue weighted by Gasteiger charge is 2.12. The van der Waals surface area contributed by atoms with Gasteiger partial charge in [0.15, 0.2) is 0 Å². The summed E-state index contributed by atoms with van der Waals surface area (Å²) in [5, 5.41) is 1.63. The minimum absolute atomic E-state index is 0.139. The van der Waals surface area contributed by atoms with Crippen LogP contribution in [-0.2, 0) is 4.74 Å². The van der Waals surface area contributed by atoms with Gasteiger partial charge in [0, 0.05) is 16.7 Å². The Morgan fingerprint density at radius 3 is 2.95 bits per heavy atom. The lowest BCUT2D eigenvalue weighted by atomic mass is 10.0. The zero-order chi connectivity index (χ0) is 13.9. The van der Waals surface area contributed by atoms with Crippen molar-refractivity contribution in [3.05, 3.63) is 46.1 Å². The molecular formula is C15H13ClFNOS. The van der Waals surface area contributed by atoms with E-state index in [9.17, 15) is 4.39 Å². The smallest absolute Gasteiger partial charge is 0.130 e. The molecule has 0 aliphatic heterocycles. The van der Waals surface area contributed by atoms with Crippen LogP contribution in [0.2, 0.25) is 5.15 Å². The molecule has 0 unspecified atom stereocenters. The second kappa shape index (κ2) is 5.94. The Bertz CT molecular complexity index is 692. The van der Waals surface area contributed by atoms with Gasteiger partial charge >= 0.3 is 0 Å². The van der Waals surface area contributed by atoms with Crippen molar-refractivity contribution < 1.29 is 9.13 Å². The van der Waals surface area contributed by atoms with Gasteiger partial charge < -0.3 is 4.74 Å². The zero-order valence-corrected chi connectivity index (χ0v) is 12.3. The first-order chi connectivity index (χ1) is 9.76. The normalized spacial score (nSPS) is 15.1. The van der Waals surface area contributed by atoms with Crippen molar-refractivity contribution in [3.63, 3.8) is 0 Å². The minimum Gasteiger partial charge on any atom is -0.495 e. The predicted octanol–water partition coefficient (Wildman–Crippen LogP) is 5.00. The Morgan fingerprint density at radius 1 is 1.30 bits per heavy atom. The molecule has 0 aromatic carbocycles. The fraction of sp³-hybridized carbons (Fsp3) is 0.267. The summed E-state index contributed by atoms with van der Waals surface area (Å²) in [6.45, 7) is -0.309. The summed E-state index contributed by atoms with van der Waals surface area (Å²) in [6.07, 6.45) is 5.69. The topological polar surface area (TPSA) is 22.1 Å². The minimum atomic E-state index is -0.448. The first kappa shape index (κ1) is 13.6. The fourth-order valence-corrected chi connectivity index (χ4v) is 3.45. The van der Waals surface area contributed by atoms with Crippen LogP contribution in [0.5, 0.6) is 0 Å². The number of allylic oxidation sites excluding steroid dienone is 4. The lowest BCUT2D eigenvalue weighted by Crippen LogP contribution is -2.00. The predicted molar refractivity (Wildman–Crippen MR) is 81.9 cm³/mol. The van der Waals surface area contributed by atoms with E-state index in [0.29, 0.717) is 5.15 Å². The maximum atomic E-state index is 12.1. The molecule has 0 saturated carbocycles. The van der Waals surface area contributed by atoms with Crippen molar-refractivity contribution in [3.8, 4) is 0 Å². The van der Waals surface area contributed by atoms with Gasteiger partial charge in [0.25, 0.3) is 0 Å². The molecule has 0 bridgehead atoms. The van der Waals surface area contributed by atoms with E-state index in [1.54, 1.807) is 17.4 Å². The van der Waals surface area contributed by atoms with E-state index in [0.717, 1.165) is 28.8 Å². The van der Waals surface area contributed by atoms with Gasteiger partial charge in [-0.2, -0.15) is 0 Å².